The van der Waals surface area contributed by atoms with Crippen molar-refractivity contribution in [3.8, 4) is 0 Å². The van der Waals surface area contributed by atoms with Crippen LogP contribution in [0.5, 0.6) is 0 Å². The van der Waals surface area contributed by atoms with Crippen LogP contribution in [-0.2, 0) is 13.1 Å². The third-order valence-electron chi connectivity index (χ3n) is 5.48. The van der Waals surface area contributed by atoms with Crippen molar-refractivity contribution in [3.05, 3.63) is 64.1 Å². The van der Waals surface area contributed by atoms with Gasteiger partial charge < -0.3 is 9.47 Å². The monoisotopic (exact) mass is 419 g/mol. The third kappa shape index (κ3) is 3.37. The SMILES string of the molecule is CCn1cc(C(=O)N2CC(n3cc(Cn4nccn4)nn3)C2)c(=O)c2ccc(C)nc21. The molecule has 0 saturated carbocycles. The van der Waals surface area contributed by atoms with E-state index in [9.17, 15) is 9.59 Å². The highest BCUT2D eigenvalue weighted by Gasteiger charge is 2.34. The molecule has 0 radical (unpaired) electrons. The zero-order valence-electron chi connectivity index (χ0n) is 17.2. The number of hydrogen-bond acceptors (Lipinski definition) is 7. The molecule has 1 aliphatic rings. The number of carbonyl (C=O) groups is 1. The van der Waals surface area contributed by atoms with Crippen LogP contribution in [0, 0.1) is 6.92 Å². The summed E-state index contributed by atoms with van der Waals surface area (Å²) in [5.74, 6) is -0.271. The molecule has 0 aromatic carbocycles. The highest BCUT2D eigenvalue weighted by Crippen LogP contribution is 2.23. The van der Waals surface area contributed by atoms with Crippen LogP contribution >= 0.6 is 0 Å². The van der Waals surface area contributed by atoms with Crippen LogP contribution < -0.4 is 5.43 Å². The van der Waals surface area contributed by atoms with E-state index in [1.165, 1.54) is 4.80 Å². The van der Waals surface area contributed by atoms with E-state index in [-0.39, 0.29) is 22.9 Å². The first-order chi connectivity index (χ1) is 15.0. The molecule has 1 fully saturated rings. The van der Waals surface area contributed by atoms with Crippen LogP contribution in [0.3, 0.4) is 0 Å². The van der Waals surface area contributed by atoms with E-state index in [0.29, 0.717) is 37.2 Å². The summed E-state index contributed by atoms with van der Waals surface area (Å²) in [4.78, 5) is 33.7. The lowest BCUT2D eigenvalue weighted by Crippen LogP contribution is -2.51. The Kier molecular flexibility index (Phi) is 4.57. The summed E-state index contributed by atoms with van der Waals surface area (Å²) in [7, 11) is 0. The lowest BCUT2D eigenvalue weighted by molar-refractivity contribution is 0.0496. The van der Waals surface area contributed by atoms with Gasteiger partial charge >= 0.3 is 0 Å². The second kappa shape index (κ2) is 7.42. The Labute approximate surface area is 176 Å². The molecule has 11 nitrogen and oxygen atoms in total. The fraction of sp³-hybridized carbons (Fsp3) is 0.350. The van der Waals surface area contributed by atoms with Crippen molar-refractivity contribution >= 4 is 16.9 Å². The van der Waals surface area contributed by atoms with Crippen LogP contribution in [0.4, 0.5) is 0 Å². The first-order valence-corrected chi connectivity index (χ1v) is 10.1. The number of likely N-dealkylation sites (tertiary alicyclic amines) is 1. The molecule has 1 saturated heterocycles. The standard InChI is InChI=1S/C20H21N9O2/c1-3-26-12-17(18(30)16-5-4-13(2)23-19(16)26)20(31)27-10-15(11-27)28-8-14(24-25-28)9-29-21-6-7-22-29/h4-8,12,15H,3,9-11H2,1-2H3. The van der Waals surface area contributed by atoms with Gasteiger partial charge in [-0.1, -0.05) is 5.21 Å². The Morgan fingerprint density at radius 1 is 1.16 bits per heavy atom. The fourth-order valence-corrected chi connectivity index (χ4v) is 3.75. The molecule has 4 aromatic heterocycles. The first-order valence-electron chi connectivity index (χ1n) is 10.1. The van der Waals surface area contributed by atoms with Crippen LogP contribution in [0.1, 0.15) is 34.7 Å². The fourth-order valence-electron chi connectivity index (χ4n) is 3.75. The molecule has 11 heteroatoms. The summed E-state index contributed by atoms with van der Waals surface area (Å²) in [5, 5.41) is 16.9. The van der Waals surface area contributed by atoms with E-state index in [4.69, 9.17) is 0 Å². The molecule has 5 rings (SSSR count). The van der Waals surface area contributed by atoms with Crippen molar-refractivity contribution in [2.75, 3.05) is 13.1 Å². The number of amides is 1. The molecule has 1 aliphatic heterocycles. The topological polar surface area (TPSA) is 117 Å². The van der Waals surface area contributed by atoms with Crippen molar-refractivity contribution in [3.63, 3.8) is 0 Å². The molecule has 4 aromatic rings. The average Bonchev–Trinajstić information content (AvgIpc) is 3.40. The number of hydrogen-bond donors (Lipinski definition) is 0. The Hall–Kier alpha value is -3.89. The molecule has 158 valence electrons. The quantitative estimate of drug-likeness (QED) is 0.466. The first kappa shape index (κ1) is 19.1. The summed E-state index contributed by atoms with van der Waals surface area (Å²) in [6.45, 7) is 5.83. The average molecular weight is 419 g/mol. The van der Waals surface area contributed by atoms with Gasteiger partial charge in [-0.25, -0.2) is 9.67 Å². The molecular weight excluding hydrogens is 398 g/mol. The summed E-state index contributed by atoms with van der Waals surface area (Å²) < 4.78 is 3.60. The van der Waals surface area contributed by atoms with Crippen molar-refractivity contribution in [1.29, 1.82) is 0 Å². The van der Waals surface area contributed by atoms with Gasteiger partial charge in [-0.15, -0.1) is 5.10 Å². The van der Waals surface area contributed by atoms with Gasteiger partial charge in [0.2, 0.25) is 5.43 Å². The number of carbonyl (C=O) groups excluding carboxylic acids is 1. The molecule has 0 N–H and O–H groups in total. The third-order valence-corrected chi connectivity index (χ3v) is 5.48. The number of aryl methyl sites for hydroxylation is 2. The summed E-state index contributed by atoms with van der Waals surface area (Å²) >= 11 is 0. The molecule has 0 spiro atoms. The van der Waals surface area contributed by atoms with Gasteiger partial charge in [-0.05, 0) is 26.0 Å². The lowest BCUT2D eigenvalue weighted by atomic mass is 10.1. The summed E-state index contributed by atoms with van der Waals surface area (Å²) in [5.41, 5.74) is 2.06. The highest BCUT2D eigenvalue weighted by atomic mass is 16.2. The van der Waals surface area contributed by atoms with Crippen LogP contribution in [0.25, 0.3) is 11.0 Å². The predicted octanol–water partition coefficient (Wildman–Crippen LogP) is 0.653. The zero-order chi connectivity index (χ0) is 21.5. The smallest absolute Gasteiger partial charge is 0.259 e. The van der Waals surface area contributed by atoms with Gasteiger partial charge in [-0.2, -0.15) is 15.0 Å². The number of fused-ring (bicyclic) bond motifs is 1. The number of nitrogens with zero attached hydrogens (tertiary/aromatic N) is 9. The zero-order valence-corrected chi connectivity index (χ0v) is 17.2. The normalized spacial score (nSPS) is 14.2. The maximum absolute atomic E-state index is 13.0. The molecule has 0 unspecified atom stereocenters. The molecular formula is C20H21N9O2. The van der Waals surface area contributed by atoms with Crippen LogP contribution in [0.2, 0.25) is 0 Å². The number of pyridine rings is 2. The van der Waals surface area contributed by atoms with Crippen molar-refractivity contribution in [2.24, 2.45) is 0 Å². The minimum absolute atomic E-state index is 0.0222. The Morgan fingerprint density at radius 3 is 2.68 bits per heavy atom. The second-order valence-corrected chi connectivity index (χ2v) is 7.60. The Bertz CT molecular complexity index is 1320. The maximum Gasteiger partial charge on any atom is 0.259 e. The summed E-state index contributed by atoms with van der Waals surface area (Å²) in [6, 6.07) is 3.56. The number of rotatable bonds is 5. The molecule has 5 heterocycles. The molecule has 1 amide bonds. The van der Waals surface area contributed by atoms with Gasteiger partial charge in [0.1, 0.15) is 23.4 Å². The van der Waals surface area contributed by atoms with Crippen molar-refractivity contribution in [2.45, 2.75) is 33.0 Å². The van der Waals surface area contributed by atoms with E-state index in [0.717, 1.165) is 11.4 Å². The molecule has 0 atom stereocenters. The maximum atomic E-state index is 13.0. The minimum Gasteiger partial charge on any atom is -0.334 e. The Balaban J connectivity index is 1.33. The van der Waals surface area contributed by atoms with Crippen molar-refractivity contribution in [1.82, 2.24) is 44.4 Å². The van der Waals surface area contributed by atoms with E-state index in [1.54, 1.807) is 40.3 Å². The van der Waals surface area contributed by atoms with Gasteiger partial charge in [0, 0.05) is 31.5 Å². The van der Waals surface area contributed by atoms with Gasteiger partial charge in [-0.3, -0.25) is 9.59 Å². The van der Waals surface area contributed by atoms with Crippen LogP contribution in [0.15, 0.2) is 41.7 Å². The summed E-state index contributed by atoms with van der Waals surface area (Å²) in [6.07, 6.45) is 6.67. The predicted molar refractivity (Wildman–Crippen MR) is 111 cm³/mol. The van der Waals surface area contributed by atoms with Crippen LogP contribution in [-0.4, -0.2) is 63.4 Å². The number of aromatic nitrogens is 8. The van der Waals surface area contributed by atoms with E-state index >= 15 is 0 Å². The Morgan fingerprint density at radius 2 is 1.94 bits per heavy atom. The minimum atomic E-state index is -0.282. The second-order valence-electron chi connectivity index (χ2n) is 7.60. The molecule has 0 bridgehead atoms. The van der Waals surface area contributed by atoms with Gasteiger partial charge in [0.05, 0.1) is 30.0 Å². The molecule has 0 aliphatic carbocycles. The van der Waals surface area contributed by atoms with E-state index in [1.807, 2.05) is 24.6 Å². The highest BCUT2D eigenvalue weighted by molar-refractivity contribution is 5.97. The molecule has 31 heavy (non-hydrogen) atoms. The lowest BCUT2D eigenvalue weighted by Gasteiger charge is -2.38. The van der Waals surface area contributed by atoms with Gasteiger partial charge in [0.15, 0.2) is 0 Å². The van der Waals surface area contributed by atoms with E-state index < -0.39 is 0 Å². The van der Waals surface area contributed by atoms with Gasteiger partial charge in [0.25, 0.3) is 5.91 Å². The van der Waals surface area contributed by atoms with Crippen molar-refractivity contribution < 1.29 is 4.79 Å². The van der Waals surface area contributed by atoms with E-state index in [2.05, 4.69) is 25.5 Å². The largest absolute Gasteiger partial charge is 0.334 e.